The van der Waals surface area contributed by atoms with Crippen LogP contribution in [0, 0.1) is 0 Å². The first kappa shape index (κ1) is 11.2. The van der Waals surface area contributed by atoms with Crippen LogP contribution in [-0.2, 0) is 0 Å². The minimum absolute atomic E-state index is 0.714. The zero-order chi connectivity index (χ0) is 13.4. The molecule has 2 heterocycles. The number of furan rings is 1. The standard InChI is InChI=1S/C17H12N2O/c1-2-5-13-10-14(8-7-12(13)4-1)15-11-16(19-18-15)17-6-3-9-20-17/h1-10H,11H2. The van der Waals surface area contributed by atoms with Gasteiger partial charge in [0.15, 0.2) is 0 Å². The van der Waals surface area contributed by atoms with Crippen LogP contribution >= 0.6 is 0 Å². The quantitative estimate of drug-likeness (QED) is 0.685. The van der Waals surface area contributed by atoms with E-state index in [1.807, 2.05) is 24.3 Å². The van der Waals surface area contributed by atoms with E-state index in [-0.39, 0.29) is 0 Å². The third-order valence-corrected chi connectivity index (χ3v) is 3.51. The maximum absolute atomic E-state index is 5.37. The van der Waals surface area contributed by atoms with Crippen molar-refractivity contribution in [2.24, 2.45) is 10.2 Å². The molecule has 0 atom stereocenters. The van der Waals surface area contributed by atoms with Crippen molar-refractivity contribution in [1.82, 2.24) is 0 Å². The molecule has 1 aliphatic rings. The molecule has 2 aromatic carbocycles. The predicted octanol–water partition coefficient (Wildman–Crippen LogP) is 4.03. The molecular formula is C17H12N2O. The Morgan fingerprint density at radius 2 is 1.65 bits per heavy atom. The molecule has 4 rings (SSSR count). The summed E-state index contributed by atoms with van der Waals surface area (Å²) in [6.45, 7) is 0. The number of hydrogen-bond donors (Lipinski definition) is 0. The fourth-order valence-electron chi connectivity index (χ4n) is 2.46. The Hall–Kier alpha value is -2.68. The Morgan fingerprint density at radius 3 is 2.50 bits per heavy atom. The van der Waals surface area contributed by atoms with Crippen LogP contribution in [0.2, 0.25) is 0 Å². The van der Waals surface area contributed by atoms with E-state index >= 15 is 0 Å². The lowest BCUT2D eigenvalue weighted by molar-refractivity contribution is 0.557. The first-order valence-electron chi connectivity index (χ1n) is 6.56. The van der Waals surface area contributed by atoms with Crippen LogP contribution in [0.15, 0.2) is 75.5 Å². The van der Waals surface area contributed by atoms with Crippen molar-refractivity contribution < 1.29 is 4.42 Å². The van der Waals surface area contributed by atoms with Gasteiger partial charge in [0.2, 0.25) is 0 Å². The van der Waals surface area contributed by atoms with Gasteiger partial charge in [-0.1, -0.05) is 36.4 Å². The Labute approximate surface area is 116 Å². The summed E-state index contributed by atoms with van der Waals surface area (Å²) in [5.41, 5.74) is 2.99. The second-order valence-corrected chi connectivity index (χ2v) is 4.81. The maximum Gasteiger partial charge on any atom is 0.150 e. The van der Waals surface area contributed by atoms with Gasteiger partial charge in [-0.15, -0.1) is 0 Å². The van der Waals surface area contributed by atoms with Crippen LogP contribution in [0.1, 0.15) is 17.7 Å². The molecule has 1 aromatic heterocycles. The summed E-state index contributed by atoms with van der Waals surface area (Å²) in [5, 5.41) is 11.0. The van der Waals surface area contributed by atoms with Gasteiger partial charge in [-0.2, -0.15) is 10.2 Å². The third-order valence-electron chi connectivity index (χ3n) is 3.51. The van der Waals surface area contributed by atoms with Crippen molar-refractivity contribution in [3.8, 4) is 0 Å². The lowest BCUT2D eigenvalue weighted by Gasteiger charge is -2.03. The first-order valence-corrected chi connectivity index (χ1v) is 6.56. The van der Waals surface area contributed by atoms with Crippen molar-refractivity contribution in [2.45, 2.75) is 6.42 Å². The molecule has 3 heteroatoms. The highest BCUT2D eigenvalue weighted by atomic mass is 16.3. The van der Waals surface area contributed by atoms with Gasteiger partial charge >= 0.3 is 0 Å². The van der Waals surface area contributed by atoms with Gasteiger partial charge in [-0.05, 0) is 34.5 Å². The molecule has 3 nitrogen and oxygen atoms in total. The Balaban J connectivity index is 1.65. The van der Waals surface area contributed by atoms with Gasteiger partial charge in [0.25, 0.3) is 0 Å². The summed E-state index contributed by atoms with van der Waals surface area (Å²) in [7, 11) is 0. The van der Waals surface area contributed by atoms with Crippen LogP contribution < -0.4 is 0 Å². The number of nitrogens with zero attached hydrogens (tertiary/aromatic N) is 2. The smallest absolute Gasteiger partial charge is 0.150 e. The van der Waals surface area contributed by atoms with Gasteiger partial charge in [-0.3, -0.25) is 0 Å². The molecule has 0 N–H and O–H groups in total. The number of benzene rings is 2. The van der Waals surface area contributed by atoms with E-state index in [1.165, 1.54) is 10.8 Å². The Morgan fingerprint density at radius 1 is 0.800 bits per heavy atom. The lowest BCUT2D eigenvalue weighted by atomic mass is 10.0. The van der Waals surface area contributed by atoms with Crippen LogP contribution in [0.3, 0.4) is 0 Å². The van der Waals surface area contributed by atoms with Crippen molar-refractivity contribution in [3.63, 3.8) is 0 Å². The summed E-state index contributed by atoms with van der Waals surface area (Å²) in [4.78, 5) is 0. The van der Waals surface area contributed by atoms with E-state index in [2.05, 4.69) is 40.5 Å². The van der Waals surface area contributed by atoms with Gasteiger partial charge in [0, 0.05) is 6.42 Å². The lowest BCUT2D eigenvalue weighted by Crippen LogP contribution is -2.04. The number of hydrogen-bond acceptors (Lipinski definition) is 3. The second-order valence-electron chi connectivity index (χ2n) is 4.81. The fourth-order valence-corrected chi connectivity index (χ4v) is 2.46. The van der Waals surface area contributed by atoms with Gasteiger partial charge < -0.3 is 4.42 Å². The molecule has 0 unspecified atom stereocenters. The average Bonchev–Trinajstić information content (AvgIpc) is 3.17. The molecule has 0 radical (unpaired) electrons. The van der Waals surface area contributed by atoms with E-state index in [0.29, 0.717) is 6.42 Å². The Kier molecular flexibility index (Phi) is 2.49. The van der Waals surface area contributed by atoms with Crippen molar-refractivity contribution in [1.29, 1.82) is 0 Å². The molecule has 0 saturated heterocycles. The topological polar surface area (TPSA) is 37.9 Å². The predicted molar refractivity (Wildman–Crippen MR) is 80.3 cm³/mol. The van der Waals surface area contributed by atoms with E-state index < -0.39 is 0 Å². The van der Waals surface area contributed by atoms with E-state index in [9.17, 15) is 0 Å². The van der Waals surface area contributed by atoms with Crippen molar-refractivity contribution in [3.05, 3.63) is 72.2 Å². The van der Waals surface area contributed by atoms with Gasteiger partial charge in [0.1, 0.15) is 11.5 Å². The van der Waals surface area contributed by atoms with Crippen molar-refractivity contribution >= 4 is 22.2 Å². The number of rotatable bonds is 2. The normalized spacial score (nSPS) is 14.4. The molecular weight excluding hydrogens is 248 g/mol. The summed E-state index contributed by atoms with van der Waals surface area (Å²) in [5.74, 6) is 0.796. The summed E-state index contributed by atoms with van der Waals surface area (Å²) < 4.78 is 5.37. The van der Waals surface area contributed by atoms with Crippen molar-refractivity contribution in [2.75, 3.05) is 0 Å². The highest BCUT2D eigenvalue weighted by molar-refractivity contribution is 6.20. The zero-order valence-corrected chi connectivity index (χ0v) is 10.8. The summed E-state index contributed by atoms with van der Waals surface area (Å²) in [6, 6.07) is 18.5. The molecule has 3 aromatic rings. The van der Waals surface area contributed by atoms with Crippen LogP contribution in [0.4, 0.5) is 0 Å². The summed E-state index contributed by atoms with van der Waals surface area (Å²) >= 11 is 0. The maximum atomic E-state index is 5.37. The second kappa shape index (κ2) is 4.46. The van der Waals surface area contributed by atoms with Gasteiger partial charge in [0.05, 0.1) is 12.0 Å². The molecule has 0 fully saturated rings. The van der Waals surface area contributed by atoms with Crippen LogP contribution in [0.25, 0.3) is 10.8 Å². The molecule has 0 saturated carbocycles. The SMILES string of the molecule is c1coc(C2=NN=C(c3ccc4ccccc4c3)C2)c1. The Bertz CT molecular complexity index is 829. The molecule has 0 amide bonds. The minimum Gasteiger partial charge on any atom is -0.463 e. The molecule has 20 heavy (non-hydrogen) atoms. The molecule has 0 spiro atoms. The number of fused-ring (bicyclic) bond motifs is 1. The monoisotopic (exact) mass is 260 g/mol. The van der Waals surface area contributed by atoms with Crippen LogP contribution in [-0.4, -0.2) is 11.4 Å². The largest absolute Gasteiger partial charge is 0.463 e. The fraction of sp³-hybridized carbons (Fsp3) is 0.0588. The molecule has 96 valence electrons. The zero-order valence-electron chi connectivity index (χ0n) is 10.8. The highest BCUT2D eigenvalue weighted by Crippen LogP contribution is 2.21. The molecule has 0 bridgehead atoms. The third kappa shape index (κ3) is 1.84. The molecule has 1 aliphatic heterocycles. The first-order chi connectivity index (χ1) is 9.90. The summed E-state index contributed by atoms with van der Waals surface area (Å²) in [6.07, 6.45) is 2.37. The van der Waals surface area contributed by atoms with Crippen LogP contribution in [0.5, 0.6) is 0 Å². The van der Waals surface area contributed by atoms with Gasteiger partial charge in [-0.25, -0.2) is 0 Å². The van der Waals surface area contributed by atoms with E-state index in [4.69, 9.17) is 4.42 Å². The molecule has 0 aliphatic carbocycles. The highest BCUT2D eigenvalue weighted by Gasteiger charge is 2.17. The van der Waals surface area contributed by atoms with E-state index in [1.54, 1.807) is 6.26 Å². The van der Waals surface area contributed by atoms with E-state index in [0.717, 1.165) is 22.7 Å². The average molecular weight is 260 g/mol. The minimum atomic E-state index is 0.714.